The molecule has 1 aliphatic rings. The summed E-state index contributed by atoms with van der Waals surface area (Å²) in [6, 6.07) is 4.29. The van der Waals surface area contributed by atoms with Gasteiger partial charge in [-0.05, 0) is 53.4 Å². The van der Waals surface area contributed by atoms with Crippen molar-refractivity contribution < 1.29 is 13.2 Å². The molecule has 7 heteroatoms. The maximum absolute atomic E-state index is 12.7. The Morgan fingerprint density at radius 1 is 1.40 bits per heavy atom. The van der Waals surface area contributed by atoms with Crippen molar-refractivity contribution in [1.29, 1.82) is 0 Å². The number of rotatable bonds is 3. The molecule has 1 saturated heterocycles. The van der Waals surface area contributed by atoms with E-state index >= 15 is 0 Å². The first-order valence-electron chi connectivity index (χ1n) is 6.41. The summed E-state index contributed by atoms with van der Waals surface area (Å²) < 4.78 is 27.2. The lowest BCUT2D eigenvalue weighted by Gasteiger charge is -2.32. The van der Waals surface area contributed by atoms with Gasteiger partial charge in [-0.15, -0.1) is 0 Å². The van der Waals surface area contributed by atoms with E-state index in [0.717, 1.165) is 18.4 Å². The molecule has 1 fully saturated rings. The molecule has 2 rings (SSSR count). The van der Waals surface area contributed by atoms with Gasteiger partial charge in [0.1, 0.15) is 6.04 Å². The number of piperidine rings is 1. The monoisotopic (exact) mass is 360 g/mol. The molecule has 2 N–H and O–H groups in total. The molecule has 110 valence electrons. The first kappa shape index (κ1) is 15.5. The molecule has 1 aliphatic heterocycles. The molecular formula is C13H17BrN2O3S. The normalized spacial score (nSPS) is 20.8. The number of halogens is 1. The summed E-state index contributed by atoms with van der Waals surface area (Å²) in [7, 11) is -3.72. The number of hydrogen-bond donors (Lipinski definition) is 1. The van der Waals surface area contributed by atoms with Gasteiger partial charge in [0.15, 0.2) is 0 Å². The zero-order chi connectivity index (χ0) is 14.9. The Kier molecular flexibility index (Phi) is 4.51. The van der Waals surface area contributed by atoms with Crippen molar-refractivity contribution in [2.75, 3.05) is 6.54 Å². The van der Waals surface area contributed by atoms with Gasteiger partial charge in [-0.2, -0.15) is 4.31 Å². The first-order valence-corrected chi connectivity index (χ1v) is 8.64. The van der Waals surface area contributed by atoms with Gasteiger partial charge in [0, 0.05) is 11.0 Å². The summed E-state index contributed by atoms with van der Waals surface area (Å²) in [6.45, 7) is 2.21. The lowest BCUT2D eigenvalue weighted by atomic mass is 10.0. The second-order valence-electron chi connectivity index (χ2n) is 4.96. The molecule has 0 bridgehead atoms. The van der Waals surface area contributed by atoms with E-state index in [-0.39, 0.29) is 4.90 Å². The molecule has 20 heavy (non-hydrogen) atoms. The van der Waals surface area contributed by atoms with Crippen molar-refractivity contribution in [3.63, 3.8) is 0 Å². The Morgan fingerprint density at radius 2 is 2.10 bits per heavy atom. The number of amides is 1. The van der Waals surface area contributed by atoms with Crippen LogP contribution in [0.25, 0.3) is 0 Å². The maximum atomic E-state index is 12.7. The summed E-state index contributed by atoms with van der Waals surface area (Å²) in [5, 5.41) is 0. The van der Waals surface area contributed by atoms with Crippen LogP contribution in [0.3, 0.4) is 0 Å². The Morgan fingerprint density at radius 3 is 2.70 bits per heavy atom. The fourth-order valence-corrected chi connectivity index (χ4v) is 5.24. The van der Waals surface area contributed by atoms with Crippen LogP contribution in [0.2, 0.25) is 0 Å². The molecule has 1 atom stereocenters. The topological polar surface area (TPSA) is 80.5 Å². The van der Waals surface area contributed by atoms with Crippen LogP contribution in [0.4, 0.5) is 0 Å². The van der Waals surface area contributed by atoms with E-state index in [1.165, 1.54) is 4.31 Å². The van der Waals surface area contributed by atoms with Crippen LogP contribution in [0.5, 0.6) is 0 Å². The molecule has 0 aromatic heterocycles. The number of benzene rings is 1. The standard InChI is InChI=1S/C13H17BrN2O3S/c1-9-5-6-12(10(14)8-9)20(18,19)16-7-3-2-4-11(16)13(15)17/h5-6,8,11H,2-4,7H2,1H3,(H2,15,17). The van der Waals surface area contributed by atoms with Gasteiger partial charge in [-0.25, -0.2) is 8.42 Å². The smallest absolute Gasteiger partial charge is 0.244 e. The van der Waals surface area contributed by atoms with Crippen LogP contribution in [0, 0.1) is 6.92 Å². The highest BCUT2D eigenvalue weighted by Gasteiger charge is 2.37. The van der Waals surface area contributed by atoms with Crippen molar-refractivity contribution in [1.82, 2.24) is 4.31 Å². The number of aryl methyl sites for hydroxylation is 1. The van der Waals surface area contributed by atoms with Crippen LogP contribution >= 0.6 is 15.9 Å². The minimum absolute atomic E-state index is 0.177. The van der Waals surface area contributed by atoms with Crippen LogP contribution in [-0.2, 0) is 14.8 Å². The Hall–Kier alpha value is -0.920. The number of hydrogen-bond acceptors (Lipinski definition) is 3. The van der Waals surface area contributed by atoms with Crippen molar-refractivity contribution in [2.45, 2.75) is 37.1 Å². The van der Waals surface area contributed by atoms with Crippen LogP contribution in [0.15, 0.2) is 27.6 Å². The summed E-state index contributed by atoms with van der Waals surface area (Å²) in [4.78, 5) is 11.7. The first-order chi connectivity index (χ1) is 9.34. The lowest BCUT2D eigenvalue weighted by molar-refractivity contribution is -0.122. The maximum Gasteiger partial charge on any atom is 0.244 e. The molecule has 5 nitrogen and oxygen atoms in total. The molecule has 0 aliphatic carbocycles. The molecule has 1 heterocycles. The molecule has 0 radical (unpaired) electrons. The highest BCUT2D eigenvalue weighted by atomic mass is 79.9. The average Bonchev–Trinajstić information content (AvgIpc) is 2.38. The van der Waals surface area contributed by atoms with E-state index in [1.807, 2.05) is 6.92 Å². The van der Waals surface area contributed by atoms with Gasteiger partial charge in [-0.3, -0.25) is 4.79 Å². The van der Waals surface area contributed by atoms with Crippen LogP contribution in [0.1, 0.15) is 24.8 Å². The summed E-state index contributed by atoms with van der Waals surface area (Å²) in [5.41, 5.74) is 6.30. The second-order valence-corrected chi connectivity index (χ2v) is 7.68. The predicted octanol–water partition coefficient (Wildman–Crippen LogP) is 1.79. The van der Waals surface area contributed by atoms with Crippen molar-refractivity contribution >= 4 is 31.9 Å². The fourth-order valence-electron chi connectivity index (χ4n) is 2.42. The minimum atomic E-state index is -3.72. The van der Waals surface area contributed by atoms with E-state index in [1.54, 1.807) is 18.2 Å². The summed E-state index contributed by atoms with van der Waals surface area (Å²) in [5.74, 6) is -0.587. The van der Waals surface area contributed by atoms with Crippen molar-refractivity contribution in [2.24, 2.45) is 5.73 Å². The molecule has 0 spiro atoms. The highest BCUT2D eigenvalue weighted by molar-refractivity contribution is 9.10. The summed E-state index contributed by atoms with van der Waals surface area (Å²) in [6.07, 6.45) is 2.04. The van der Waals surface area contributed by atoms with Gasteiger partial charge >= 0.3 is 0 Å². The van der Waals surface area contributed by atoms with Crippen LogP contribution < -0.4 is 5.73 Å². The zero-order valence-corrected chi connectivity index (χ0v) is 13.6. The number of carbonyl (C=O) groups is 1. The number of nitrogens with zero attached hydrogens (tertiary/aromatic N) is 1. The summed E-state index contributed by atoms with van der Waals surface area (Å²) >= 11 is 3.28. The second kappa shape index (κ2) is 5.83. The highest BCUT2D eigenvalue weighted by Crippen LogP contribution is 2.30. The molecule has 1 amide bonds. The van der Waals surface area contributed by atoms with Gasteiger partial charge in [0.25, 0.3) is 0 Å². The Balaban J connectivity index is 2.45. The van der Waals surface area contributed by atoms with E-state index < -0.39 is 22.0 Å². The molecule has 0 saturated carbocycles. The van der Waals surface area contributed by atoms with Gasteiger partial charge < -0.3 is 5.73 Å². The number of primary amides is 1. The van der Waals surface area contributed by atoms with Crippen molar-refractivity contribution in [3.05, 3.63) is 28.2 Å². The SMILES string of the molecule is Cc1ccc(S(=O)(=O)N2CCCCC2C(N)=O)c(Br)c1. The molecule has 1 aromatic rings. The van der Waals surface area contributed by atoms with Gasteiger partial charge in [-0.1, -0.05) is 12.5 Å². The van der Waals surface area contributed by atoms with E-state index in [9.17, 15) is 13.2 Å². The lowest BCUT2D eigenvalue weighted by Crippen LogP contribution is -2.50. The zero-order valence-electron chi connectivity index (χ0n) is 11.2. The number of sulfonamides is 1. The predicted molar refractivity (Wildman–Crippen MR) is 79.6 cm³/mol. The third-order valence-corrected chi connectivity index (χ3v) is 6.34. The number of carbonyl (C=O) groups excluding carboxylic acids is 1. The van der Waals surface area contributed by atoms with Crippen LogP contribution in [-0.4, -0.2) is 31.2 Å². The quantitative estimate of drug-likeness (QED) is 0.891. The van der Waals surface area contributed by atoms with Gasteiger partial charge in [0.2, 0.25) is 15.9 Å². The van der Waals surface area contributed by atoms with E-state index in [0.29, 0.717) is 17.4 Å². The molecular weight excluding hydrogens is 344 g/mol. The third-order valence-electron chi connectivity index (χ3n) is 3.46. The largest absolute Gasteiger partial charge is 0.368 e. The van der Waals surface area contributed by atoms with E-state index in [2.05, 4.69) is 15.9 Å². The van der Waals surface area contributed by atoms with Gasteiger partial charge in [0.05, 0.1) is 4.90 Å². The molecule has 1 unspecified atom stereocenters. The minimum Gasteiger partial charge on any atom is -0.368 e. The number of nitrogens with two attached hydrogens (primary N) is 1. The molecule has 1 aromatic carbocycles. The average molecular weight is 361 g/mol. The third kappa shape index (κ3) is 2.89. The van der Waals surface area contributed by atoms with Crippen molar-refractivity contribution in [3.8, 4) is 0 Å². The Bertz CT molecular complexity index is 631. The fraction of sp³-hybridized carbons (Fsp3) is 0.462. The Labute approximate surface area is 127 Å². The van der Waals surface area contributed by atoms with E-state index in [4.69, 9.17) is 5.73 Å².